The Balaban J connectivity index is 1.87. The van der Waals surface area contributed by atoms with E-state index in [1.807, 2.05) is 6.07 Å². The Morgan fingerprint density at radius 3 is 2.95 bits per heavy atom. The molecular weight excluding hydrogens is 278 g/mol. The molecule has 2 aromatic heterocycles. The maximum absolute atomic E-state index is 6.08. The standard InChI is InChI=1S/C14H16ClN3S/c15-13-8-17-14(6-10(13)7-16)18(11-3-4-11)9-12-2-1-5-19-12/h1-2,5-6,8,11H,3-4,7,9,16H2. The van der Waals surface area contributed by atoms with E-state index in [1.165, 1.54) is 17.7 Å². The van der Waals surface area contributed by atoms with Crippen molar-refractivity contribution in [2.45, 2.75) is 32.0 Å². The van der Waals surface area contributed by atoms with Crippen LogP contribution in [0.4, 0.5) is 5.82 Å². The van der Waals surface area contributed by atoms with Crippen molar-refractivity contribution in [1.29, 1.82) is 0 Å². The lowest BCUT2D eigenvalue weighted by molar-refractivity contribution is 0.784. The van der Waals surface area contributed by atoms with Crippen molar-refractivity contribution in [2.75, 3.05) is 4.90 Å². The first-order valence-electron chi connectivity index (χ1n) is 6.41. The van der Waals surface area contributed by atoms with Gasteiger partial charge < -0.3 is 10.6 Å². The molecule has 2 N–H and O–H groups in total. The lowest BCUT2D eigenvalue weighted by atomic mass is 10.2. The van der Waals surface area contributed by atoms with Gasteiger partial charge in [-0.2, -0.15) is 0 Å². The summed E-state index contributed by atoms with van der Waals surface area (Å²) in [7, 11) is 0. The van der Waals surface area contributed by atoms with E-state index in [4.69, 9.17) is 17.3 Å². The Hall–Kier alpha value is -1.10. The fourth-order valence-electron chi connectivity index (χ4n) is 2.14. The predicted octanol–water partition coefficient (Wildman–Crippen LogP) is 3.42. The normalized spacial score (nSPS) is 14.6. The first-order valence-corrected chi connectivity index (χ1v) is 7.67. The Bertz CT molecular complexity index is 552. The predicted molar refractivity (Wildman–Crippen MR) is 80.7 cm³/mol. The molecule has 1 aliphatic carbocycles. The molecule has 19 heavy (non-hydrogen) atoms. The van der Waals surface area contributed by atoms with E-state index >= 15 is 0 Å². The van der Waals surface area contributed by atoms with Crippen molar-refractivity contribution < 1.29 is 0 Å². The molecule has 0 unspecified atom stereocenters. The maximum atomic E-state index is 6.08. The number of pyridine rings is 1. The number of hydrogen-bond donors (Lipinski definition) is 1. The lowest BCUT2D eigenvalue weighted by Crippen LogP contribution is -2.25. The van der Waals surface area contributed by atoms with E-state index in [0.717, 1.165) is 17.9 Å². The zero-order valence-corrected chi connectivity index (χ0v) is 12.1. The van der Waals surface area contributed by atoms with Gasteiger partial charge in [-0.25, -0.2) is 4.98 Å². The SMILES string of the molecule is NCc1cc(N(Cc2cccs2)C2CC2)ncc1Cl. The molecule has 1 fully saturated rings. The molecule has 0 spiro atoms. The van der Waals surface area contributed by atoms with E-state index in [0.29, 0.717) is 17.6 Å². The van der Waals surface area contributed by atoms with E-state index < -0.39 is 0 Å². The van der Waals surface area contributed by atoms with Crippen molar-refractivity contribution in [3.8, 4) is 0 Å². The van der Waals surface area contributed by atoms with Crippen LogP contribution in [-0.2, 0) is 13.1 Å². The van der Waals surface area contributed by atoms with E-state index in [9.17, 15) is 0 Å². The van der Waals surface area contributed by atoms with Gasteiger partial charge >= 0.3 is 0 Å². The monoisotopic (exact) mass is 293 g/mol. The summed E-state index contributed by atoms with van der Waals surface area (Å²) < 4.78 is 0. The Labute approximate surface area is 122 Å². The van der Waals surface area contributed by atoms with Crippen LogP contribution >= 0.6 is 22.9 Å². The Morgan fingerprint density at radius 1 is 1.47 bits per heavy atom. The second-order valence-electron chi connectivity index (χ2n) is 4.78. The molecule has 3 rings (SSSR count). The van der Waals surface area contributed by atoms with Crippen molar-refractivity contribution in [3.63, 3.8) is 0 Å². The van der Waals surface area contributed by atoms with Crippen molar-refractivity contribution in [3.05, 3.63) is 45.2 Å². The summed E-state index contributed by atoms with van der Waals surface area (Å²) >= 11 is 7.86. The minimum atomic E-state index is 0.450. The van der Waals surface area contributed by atoms with Gasteiger partial charge in [0.2, 0.25) is 0 Å². The van der Waals surface area contributed by atoms with Crippen LogP contribution in [0.3, 0.4) is 0 Å². The Kier molecular flexibility index (Phi) is 3.73. The molecule has 3 nitrogen and oxygen atoms in total. The van der Waals surface area contributed by atoms with Crippen LogP contribution in [0.2, 0.25) is 5.02 Å². The van der Waals surface area contributed by atoms with Gasteiger partial charge in [-0.05, 0) is 35.9 Å². The van der Waals surface area contributed by atoms with Gasteiger partial charge in [0, 0.05) is 23.7 Å². The van der Waals surface area contributed by atoms with Crippen LogP contribution in [0.1, 0.15) is 23.3 Å². The van der Waals surface area contributed by atoms with Gasteiger partial charge in [-0.1, -0.05) is 17.7 Å². The van der Waals surface area contributed by atoms with Crippen molar-refractivity contribution in [1.82, 2.24) is 4.98 Å². The summed E-state index contributed by atoms with van der Waals surface area (Å²) in [4.78, 5) is 8.19. The second kappa shape index (κ2) is 5.49. The molecule has 0 radical (unpaired) electrons. The molecule has 0 bridgehead atoms. The zero-order valence-electron chi connectivity index (χ0n) is 10.6. The minimum absolute atomic E-state index is 0.450. The Morgan fingerprint density at radius 2 is 2.32 bits per heavy atom. The van der Waals surface area contributed by atoms with Gasteiger partial charge in [0.05, 0.1) is 11.6 Å². The van der Waals surface area contributed by atoms with Gasteiger partial charge in [0.25, 0.3) is 0 Å². The second-order valence-corrected chi connectivity index (χ2v) is 6.22. The summed E-state index contributed by atoms with van der Waals surface area (Å²) in [6.45, 7) is 1.37. The lowest BCUT2D eigenvalue weighted by Gasteiger charge is -2.23. The average molecular weight is 294 g/mol. The van der Waals surface area contributed by atoms with Crippen LogP contribution < -0.4 is 10.6 Å². The molecule has 2 aromatic rings. The molecule has 2 heterocycles. The maximum Gasteiger partial charge on any atom is 0.129 e. The summed E-state index contributed by atoms with van der Waals surface area (Å²) in [5.74, 6) is 0.987. The van der Waals surface area contributed by atoms with E-state index in [-0.39, 0.29) is 0 Å². The highest BCUT2D eigenvalue weighted by Crippen LogP contribution is 2.33. The number of nitrogens with two attached hydrogens (primary N) is 1. The third-order valence-corrected chi connectivity index (χ3v) is 4.53. The molecule has 1 saturated carbocycles. The number of nitrogens with zero attached hydrogens (tertiary/aromatic N) is 2. The van der Waals surface area contributed by atoms with Gasteiger partial charge in [0.15, 0.2) is 0 Å². The molecule has 100 valence electrons. The van der Waals surface area contributed by atoms with Crippen LogP contribution in [-0.4, -0.2) is 11.0 Å². The molecule has 0 aliphatic heterocycles. The summed E-state index contributed by atoms with van der Waals surface area (Å²) in [5, 5.41) is 2.76. The molecule has 5 heteroatoms. The highest BCUT2D eigenvalue weighted by molar-refractivity contribution is 7.09. The number of thiophene rings is 1. The fourth-order valence-corrected chi connectivity index (χ4v) is 3.02. The largest absolute Gasteiger partial charge is 0.348 e. The fraction of sp³-hybridized carbons (Fsp3) is 0.357. The summed E-state index contributed by atoms with van der Waals surface area (Å²) in [6, 6.07) is 6.89. The zero-order chi connectivity index (χ0) is 13.2. The van der Waals surface area contributed by atoms with E-state index in [2.05, 4.69) is 27.4 Å². The first-order chi connectivity index (χ1) is 9.28. The third-order valence-electron chi connectivity index (χ3n) is 3.33. The molecule has 0 amide bonds. The van der Waals surface area contributed by atoms with Gasteiger partial charge in [-0.15, -0.1) is 11.3 Å². The van der Waals surface area contributed by atoms with Crippen molar-refractivity contribution >= 4 is 28.8 Å². The quantitative estimate of drug-likeness (QED) is 0.918. The summed E-state index contributed by atoms with van der Waals surface area (Å²) in [6.07, 6.45) is 4.20. The van der Waals surface area contributed by atoms with Crippen molar-refractivity contribution in [2.24, 2.45) is 5.73 Å². The van der Waals surface area contributed by atoms with Gasteiger partial charge in [0.1, 0.15) is 5.82 Å². The third kappa shape index (κ3) is 2.91. The summed E-state index contributed by atoms with van der Waals surface area (Å²) in [5.41, 5.74) is 6.68. The number of rotatable bonds is 5. The molecule has 0 aromatic carbocycles. The smallest absolute Gasteiger partial charge is 0.129 e. The molecule has 0 saturated heterocycles. The van der Waals surface area contributed by atoms with Crippen LogP contribution in [0.15, 0.2) is 29.8 Å². The minimum Gasteiger partial charge on any atom is -0.348 e. The van der Waals surface area contributed by atoms with Crippen LogP contribution in [0.25, 0.3) is 0 Å². The molecule has 0 atom stereocenters. The van der Waals surface area contributed by atoms with Crippen LogP contribution in [0, 0.1) is 0 Å². The molecule has 1 aliphatic rings. The number of halogens is 1. The first kappa shape index (κ1) is 12.9. The number of aromatic nitrogens is 1. The number of hydrogen-bond acceptors (Lipinski definition) is 4. The highest BCUT2D eigenvalue weighted by Gasteiger charge is 2.30. The highest BCUT2D eigenvalue weighted by atomic mass is 35.5. The van der Waals surface area contributed by atoms with Gasteiger partial charge in [-0.3, -0.25) is 0 Å². The average Bonchev–Trinajstić information content (AvgIpc) is 3.14. The topological polar surface area (TPSA) is 42.1 Å². The molecular formula is C14H16ClN3S. The number of anilines is 1. The van der Waals surface area contributed by atoms with E-state index in [1.54, 1.807) is 17.5 Å². The van der Waals surface area contributed by atoms with Crippen LogP contribution in [0.5, 0.6) is 0 Å².